The Bertz CT molecular complexity index is 886. The van der Waals surface area contributed by atoms with E-state index >= 15 is 0 Å². The Hall–Kier alpha value is -2.39. The molecular formula is C18H14F3N3OS2. The number of carbonyl (C=O) groups excluding carboxylic acids is 1. The summed E-state index contributed by atoms with van der Waals surface area (Å²) < 4.78 is 38.1. The molecule has 0 fully saturated rings. The number of thiophene rings is 1. The van der Waals surface area contributed by atoms with Crippen molar-refractivity contribution in [3.05, 3.63) is 76.2 Å². The molecule has 0 aliphatic rings. The van der Waals surface area contributed by atoms with E-state index in [2.05, 4.69) is 15.3 Å². The number of aromatic nitrogens is 2. The highest BCUT2D eigenvalue weighted by Gasteiger charge is 2.32. The van der Waals surface area contributed by atoms with Gasteiger partial charge in [0.1, 0.15) is 5.69 Å². The maximum Gasteiger partial charge on any atom is 0.433 e. The number of thioether (sulfide) groups is 1. The number of hydrogen-bond acceptors (Lipinski definition) is 5. The van der Waals surface area contributed by atoms with Gasteiger partial charge in [0.15, 0.2) is 5.16 Å². The van der Waals surface area contributed by atoms with Crippen molar-refractivity contribution < 1.29 is 18.0 Å². The van der Waals surface area contributed by atoms with Crippen molar-refractivity contribution in [3.63, 3.8) is 0 Å². The number of alkyl halides is 3. The first kappa shape index (κ1) is 19.4. The molecule has 4 nitrogen and oxygen atoms in total. The van der Waals surface area contributed by atoms with Crippen LogP contribution in [-0.2, 0) is 11.0 Å². The van der Waals surface area contributed by atoms with Crippen LogP contribution in [0.25, 0.3) is 0 Å². The molecule has 1 unspecified atom stereocenters. The van der Waals surface area contributed by atoms with Gasteiger partial charge in [-0.25, -0.2) is 9.97 Å². The summed E-state index contributed by atoms with van der Waals surface area (Å²) in [5.41, 5.74) is -0.102. The second-order valence-electron chi connectivity index (χ2n) is 5.44. The molecule has 0 saturated heterocycles. The van der Waals surface area contributed by atoms with E-state index in [4.69, 9.17) is 0 Å². The molecule has 2 heterocycles. The van der Waals surface area contributed by atoms with Crippen LogP contribution in [0.4, 0.5) is 13.2 Å². The standard InChI is InChI=1S/C18H14F3N3OS2/c19-18(20,21)14-8-9-22-17(23-14)27-11-15(25)24-16(13-7-4-10-26-13)12-5-2-1-3-6-12/h1-10,16H,11H2,(H,24,25). The number of carbonyl (C=O) groups is 1. The van der Waals surface area contributed by atoms with Gasteiger partial charge in [-0.15, -0.1) is 11.3 Å². The van der Waals surface area contributed by atoms with Crippen LogP contribution in [0.2, 0.25) is 0 Å². The molecular weight excluding hydrogens is 395 g/mol. The van der Waals surface area contributed by atoms with E-state index in [0.29, 0.717) is 0 Å². The smallest absolute Gasteiger partial charge is 0.344 e. The molecule has 3 aromatic rings. The lowest BCUT2D eigenvalue weighted by Crippen LogP contribution is -2.30. The lowest BCUT2D eigenvalue weighted by molar-refractivity contribution is -0.141. The van der Waals surface area contributed by atoms with E-state index in [1.54, 1.807) is 0 Å². The second kappa shape index (κ2) is 8.53. The lowest BCUT2D eigenvalue weighted by atomic mass is 10.1. The molecule has 27 heavy (non-hydrogen) atoms. The molecule has 0 spiro atoms. The van der Waals surface area contributed by atoms with Crippen LogP contribution >= 0.6 is 23.1 Å². The Morgan fingerprint density at radius 2 is 1.93 bits per heavy atom. The van der Waals surface area contributed by atoms with Gasteiger partial charge in [0.2, 0.25) is 5.91 Å². The molecule has 3 rings (SSSR count). The molecule has 0 bridgehead atoms. The molecule has 0 aliphatic carbocycles. The number of amides is 1. The predicted molar refractivity (Wildman–Crippen MR) is 98.5 cm³/mol. The van der Waals surface area contributed by atoms with Gasteiger partial charge in [-0.3, -0.25) is 4.79 Å². The summed E-state index contributed by atoms with van der Waals surface area (Å²) in [6, 6.07) is 13.8. The summed E-state index contributed by atoms with van der Waals surface area (Å²) in [4.78, 5) is 20.6. The summed E-state index contributed by atoms with van der Waals surface area (Å²) in [7, 11) is 0. The third-order valence-corrected chi connectivity index (χ3v) is 5.32. The number of nitrogens with one attached hydrogen (secondary N) is 1. The first-order chi connectivity index (χ1) is 12.9. The Kier molecular flexibility index (Phi) is 6.12. The van der Waals surface area contributed by atoms with Crippen LogP contribution in [0.5, 0.6) is 0 Å². The van der Waals surface area contributed by atoms with Gasteiger partial charge in [-0.2, -0.15) is 13.2 Å². The number of halogens is 3. The fourth-order valence-corrected chi connectivity index (χ4v) is 3.77. The average Bonchev–Trinajstić information content (AvgIpc) is 3.19. The van der Waals surface area contributed by atoms with Gasteiger partial charge in [-0.05, 0) is 23.1 Å². The van der Waals surface area contributed by atoms with E-state index in [-0.39, 0.29) is 22.9 Å². The van der Waals surface area contributed by atoms with Crippen molar-refractivity contribution in [2.45, 2.75) is 17.4 Å². The quantitative estimate of drug-likeness (QED) is 0.479. The van der Waals surface area contributed by atoms with E-state index in [9.17, 15) is 18.0 Å². The molecule has 1 amide bonds. The van der Waals surface area contributed by atoms with Crippen LogP contribution in [-0.4, -0.2) is 21.6 Å². The minimum atomic E-state index is -4.54. The molecule has 0 aliphatic heterocycles. The summed E-state index contributed by atoms with van der Waals surface area (Å²) in [6.07, 6.45) is -3.51. The number of hydrogen-bond donors (Lipinski definition) is 1. The van der Waals surface area contributed by atoms with Crippen molar-refractivity contribution >= 4 is 29.0 Å². The van der Waals surface area contributed by atoms with Gasteiger partial charge < -0.3 is 5.32 Å². The molecule has 1 atom stereocenters. The minimum Gasteiger partial charge on any atom is -0.344 e. The monoisotopic (exact) mass is 409 g/mol. The topological polar surface area (TPSA) is 54.9 Å². The zero-order valence-electron chi connectivity index (χ0n) is 13.8. The maximum atomic E-state index is 12.7. The van der Waals surface area contributed by atoms with E-state index in [1.807, 2.05) is 47.8 Å². The van der Waals surface area contributed by atoms with Gasteiger partial charge >= 0.3 is 6.18 Å². The molecule has 0 saturated carbocycles. The number of rotatable bonds is 6. The fourth-order valence-electron chi connectivity index (χ4n) is 2.32. The van der Waals surface area contributed by atoms with Crippen molar-refractivity contribution in [3.8, 4) is 0 Å². The van der Waals surface area contributed by atoms with Crippen LogP contribution in [0.15, 0.2) is 65.3 Å². The van der Waals surface area contributed by atoms with E-state index in [1.165, 1.54) is 11.3 Å². The Labute approximate surface area is 161 Å². The van der Waals surface area contributed by atoms with Crippen LogP contribution in [0, 0.1) is 0 Å². The third kappa shape index (κ3) is 5.30. The van der Waals surface area contributed by atoms with Crippen molar-refractivity contribution in [1.82, 2.24) is 15.3 Å². The van der Waals surface area contributed by atoms with Crippen LogP contribution < -0.4 is 5.32 Å². The highest BCUT2D eigenvalue weighted by molar-refractivity contribution is 7.99. The van der Waals surface area contributed by atoms with Crippen LogP contribution in [0.3, 0.4) is 0 Å². The summed E-state index contributed by atoms with van der Waals surface area (Å²) >= 11 is 2.38. The fraction of sp³-hybridized carbons (Fsp3) is 0.167. The first-order valence-corrected chi connectivity index (χ1v) is 9.71. The van der Waals surface area contributed by atoms with Gasteiger partial charge in [0, 0.05) is 11.1 Å². The maximum absolute atomic E-state index is 12.7. The molecule has 9 heteroatoms. The molecule has 1 N–H and O–H groups in total. The number of benzene rings is 1. The van der Waals surface area contributed by atoms with E-state index < -0.39 is 11.9 Å². The Morgan fingerprint density at radius 3 is 2.59 bits per heavy atom. The second-order valence-corrected chi connectivity index (χ2v) is 7.36. The molecule has 1 aromatic carbocycles. The van der Waals surface area contributed by atoms with Crippen molar-refractivity contribution in [2.24, 2.45) is 0 Å². The van der Waals surface area contributed by atoms with Gasteiger partial charge in [0.25, 0.3) is 0 Å². The molecule has 0 radical (unpaired) electrons. The molecule has 140 valence electrons. The SMILES string of the molecule is O=C(CSc1nccc(C(F)(F)F)n1)NC(c1ccccc1)c1cccs1. The minimum absolute atomic E-state index is 0.0873. The largest absolute Gasteiger partial charge is 0.433 e. The van der Waals surface area contributed by atoms with Crippen LogP contribution in [0.1, 0.15) is 22.2 Å². The zero-order valence-corrected chi connectivity index (χ0v) is 15.4. The highest BCUT2D eigenvalue weighted by Crippen LogP contribution is 2.29. The predicted octanol–water partition coefficient (Wildman–Crippen LogP) is 4.55. The molecule has 2 aromatic heterocycles. The Morgan fingerprint density at radius 1 is 1.15 bits per heavy atom. The highest BCUT2D eigenvalue weighted by atomic mass is 32.2. The summed E-state index contributed by atoms with van der Waals surface area (Å²) in [6.45, 7) is 0. The van der Waals surface area contributed by atoms with E-state index in [0.717, 1.165) is 34.5 Å². The first-order valence-electron chi connectivity index (χ1n) is 7.84. The summed E-state index contributed by atoms with van der Waals surface area (Å²) in [5, 5.41) is 4.75. The lowest BCUT2D eigenvalue weighted by Gasteiger charge is -2.18. The average molecular weight is 409 g/mol. The van der Waals surface area contributed by atoms with Crippen molar-refractivity contribution in [1.29, 1.82) is 0 Å². The van der Waals surface area contributed by atoms with Crippen molar-refractivity contribution in [2.75, 3.05) is 5.75 Å². The summed E-state index contributed by atoms with van der Waals surface area (Å²) in [5.74, 6) is -0.404. The normalized spacial score (nSPS) is 12.6. The Balaban J connectivity index is 1.67. The zero-order chi connectivity index (χ0) is 19.3. The third-order valence-electron chi connectivity index (χ3n) is 3.52. The number of nitrogens with zero attached hydrogens (tertiary/aromatic N) is 2. The van der Waals surface area contributed by atoms with Gasteiger partial charge in [0.05, 0.1) is 11.8 Å². The van der Waals surface area contributed by atoms with Gasteiger partial charge in [-0.1, -0.05) is 48.2 Å².